The van der Waals surface area contributed by atoms with E-state index in [4.69, 9.17) is 9.15 Å². The monoisotopic (exact) mass is 356 g/mol. The highest BCUT2D eigenvalue weighted by molar-refractivity contribution is 5.78. The molecule has 0 aliphatic carbocycles. The van der Waals surface area contributed by atoms with Crippen molar-refractivity contribution >= 4 is 5.91 Å². The van der Waals surface area contributed by atoms with E-state index in [9.17, 15) is 4.79 Å². The maximum Gasteiger partial charge on any atom is 0.224 e. The summed E-state index contributed by atoms with van der Waals surface area (Å²) >= 11 is 0. The van der Waals surface area contributed by atoms with Gasteiger partial charge in [-0.25, -0.2) is 0 Å². The summed E-state index contributed by atoms with van der Waals surface area (Å²) in [5, 5.41) is 3.08. The highest BCUT2D eigenvalue weighted by atomic mass is 16.5. The van der Waals surface area contributed by atoms with E-state index in [1.54, 1.807) is 6.26 Å². The van der Waals surface area contributed by atoms with Gasteiger partial charge in [0.25, 0.3) is 0 Å². The molecule has 1 unspecified atom stereocenters. The van der Waals surface area contributed by atoms with E-state index < -0.39 is 0 Å². The van der Waals surface area contributed by atoms with Gasteiger partial charge in [-0.3, -0.25) is 9.69 Å². The minimum atomic E-state index is 0.0303. The van der Waals surface area contributed by atoms with Gasteiger partial charge in [0, 0.05) is 6.54 Å². The van der Waals surface area contributed by atoms with Crippen molar-refractivity contribution in [1.29, 1.82) is 0 Å². The fourth-order valence-electron chi connectivity index (χ4n) is 3.45. The number of carbonyl (C=O) groups is 1. The van der Waals surface area contributed by atoms with E-state index in [1.165, 1.54) is 19.3 Å². The Labute approximate surface area is 155 Å². The van der Waals surface area contributed by atoms with Crippen molar-refractivity contribution in [2.24, 2.45) is 0 Å². The normalized spacial score (nSPS) is 16.2. The molecule has 2 heterocycles. The average Bonchev–Trinajstić information content (AvgIpc) is 3.19. The van der Waals surface area contributed by atoms with E-state index in [0.717, 1.165) is 30.2 Å². The van der Waals surface area contributed by atoms with Gasteiger partial charge < -0.3 is 14.5 Å². The van der Waals surface area contributed by atoms with Crippen LogP contribution < -0.4 is 10.1 Å². The summed E-state index contributed by atoms with van der Waals surface area (Å²) in [6, 6.07) is 11.7. The standard InChI is InChI=1S/C21H28N2O3/c1-2-25-18-10-8-17(9-11-18)15-21(24)22-16-19(20-7-6-14-26-20)23-12-4-3-5-13-23/h6-11,14,19H,2-5,12-13,15-16H2,1H3,(H,22,24). The van der Waals surface area contributed by atoms with Crippen LogP contribution in [0.4, 0.5) is 0 Å². The van der Waals surface area contributed by atoms with Crippen LogP contribution in [0.1, 0.15) is 43.6 Å². The van der Waals surface area contributed by atoms with Crippen LogP contribution in [0.3, 0.4) is 0 Å². The zero-order valence-electron chi connectivity index (χ0n) is 15.4. The Bertz CT molecular complexity index is 661. The fourth-order valence-corrected chi connectivity index (χ4v) is 3.45. The lowest BCUT2D eigenvalue weighted by atomic mass is 10.1. The predicted octanol–water partition coefficient (Wildman–Crippen LogP) is 3.56. The fraction of sp³-hybridized carbons (Fsp3) is 0.476. The molecule has 1 N–H and O–H groups in total. The van der Waals surface area contributed by atoms with E-state index in [0.29, 0.717) is 19.6 Å². The van der Waals surface area contributed by atoms with Gasteiger partial charge in [0.1, 0.15) is 11.5 Å². The summed E-state index contributed by atoms with van der Waals surface area (Å²) in [6.07, 6.45) is 5.77. The molecule has 0 saturated carbocycles. The summed E-state index contributed by atoms with van der Waals surface area (Å²) in [6.45, 7) is 5.28. The molecule has 1 aliphatic rings. The molecule has 1 atom stereocenters. The molecule has 5 nitrogen and oxygen atoms in total. The molecular weight excluding hydrogens is 328 g/mol. The van der Waals surface area contributed by atoms with Crippen molar-refractivity contribution < 1.29 is 13.9 Å². The summed E-state index contributed by atoms with van der Waals surface area (Å²) < 4.78 is 11.1. The third-order valence-corrected chi connectivity index (χ3v) is 4.79. The third-order valence-electron chi connectivity index (χ3n) is 4.79. The third kappa shape index (κ3) is 5.11. The largest absolute Gasteiger partial charge is 0.494 e. The second-order valence-electron chi connectivity index (χ2n) is 6.69. The van der Waals surface area contributed by atoms with Crippen LogP contribution in [0.5, 0.6) is 5.75 Å². The molecule has 0 spiro atoms. The predicted molar refractivity (Wildman–Crippen MR) is 101 cm³/mol. The maximum atomic E-state index is 12.4. The Kier molecular flexibility index (Phi) is 6.72. The number of carbonyl (C=O) groups excluding carboxylic acids is 1. The smallest absolute Gasteiger partial charge is 0.224 e. The Morgan fingerprint density at radius 3 is 2.62 bits per heavy atom. The zero-order valence-corrected chi connectivity index (χ0v) is 15.4. The second kappa shape index (κ2) is 9.43. The van der Waals surface area contributed by atoms with Crippen LogP contribution in [0.25, 0.3) is 0 Å². The van der Waals surface area contributed by atoms with Crippen molar-refractivity contribution in [2.75, 3.05) is 26.2 Å². The van der Waals surface area contributed by atoms with Gasteiger partial charge in [-0.15, -0.1) is 0 Å². The summed E-state index contributed by atoms with van der Waals surface area (Å²) in [5.41, 5.74) is 0.985. The quantitative estimate of drug-likeness (QED) is 0.786. The van der Waals surface area contributed by atoms with Crippen molar-refractivity contribution in [3.63, 3.8) is 0 Å². The van der Waals surface area contributed by atoms with Gasteiger partial charge in [-0.05, 0) is 62.7 Å². The molecular formula is C21H28N2O3. The summed E-state index contributed by atoms with van der Waals surface area (Å²) in [4.78, 5) is 14.8. The zero-order chi connectivity index (χ0) is 18.2. The van der Waals surface area contributed by atoms with E-state index in [-0.39, 0.29) is 11.9 Å². The maximum absolute atomic E-state index is 12.4. The molecule has 3 rings (SSSR count). The van der Waals surface area contributed by atoms with Gasteiger partial charge in [0.05, 0.1) is 25.3 Å². The van der Waals surface area contributed by atoms with Crippen molar-refractivity contribution in [2.45, 2.75) is 38.6 Å². The molecule has 2 aromatic rings. The van der Waals surface area contributed by atoms with E-state index in [1.807, 2.05) is 43.3 Å². The molecule has 1 saturated heterocycles. The highest BCUT2D eigenvalue weighted by Gasteiger charge is 2.24. The van der Waals surface area contributed by atoms with Crippen LogP contribution in [0.15, 0.2) is 47.1 Å². The molecule has 140 valence electrons. The lowest BCUT2D eigenvalue weighted by Crippen LogP contribution is -2.40. The molecule has 1 fully saturated rings. The Balaban J connectivity index is 1.55. The van der Waals surface area contributed by atoms with Crippen molar-refractivity contribution in [3.05, 3.63) is 54.0 Å². The summed E-state index contributed by atoms with van der Waals surface area (Å²) in [7, 11) is 0. The molecule has 1 aromatic carbocycles. The number of hydrogen-bond donors (Lipinski definition) is 1. The van der Waals surface area contributed by atoms with Gasteiger partial charge in [0.15, 0.2) is 0 Å². The summed E-state index contributed by atoms with van der Waals surface area (Å²) in [5.74, 6) is 1.79. The van der Waals surface area contributed by atoms with E-state index in [2.05, 4.69) is 10.2 Å². The average molecular weight is 356 g/mol. The van der Waals surface area contributed by atoms with Gasteiger partial charge in [-0.1, -0.05) is 18.6 Å². The number of hydrogen-bond acceptors (Lipinski definition) is 4. The number of amides is 1. The number of ether oxygens (including phenoxy) is 1. The number of furan rings is 1. The molecule has 0 bridgehead atoms. The number of nitrogens with one attached hydrogen (secondary N) is 1. The van der Waals surface area contributed by atoms with E-state index >= 15 is 0 Å². The Morgan fingerprint density at radius 2 is 1.96 bits per heavy atom. The first kappa shape index (κ1) is 18.5. The number of rotatable bonds is 8. The SMILES string of the molecule is CCOc1ccc(CC(=O)NCC(c2ccco2)N2CCCCC2)cc1. The number of likely N-dealkylation sites (tertiary alicyclic amines) is 1. The Morgan fingerprint density at radius 1 is 1.19 bits per heavy atom. The van der Waals surface area contributed by atoms with Gasteiger partial charge in [-0.2, -0.15) is 0 Å². The first-order chi connectivity index (χ1) is 12.8. The van der Waals surface area contributed by atoms with Crippen LogP contribution in [0.2, 0.25) is 0 Å². The number of piperidine rings is 1. The van der Waals surface area contributed by atoms with Crippen LogP contribution in [-0.2, 0) is 11.2 Å². The highest BCUT2D eigenvalue weighted by Crippen LogP contribution is 2.24. The molecule has 1 aromatic heterocycles. The first-order valence-electron chi connectivity index (χ1n) is 9.52. The topological polar surface area (TPSA) is 54.7 Å². The molecule has 0 radical (unpaired) electrons. The second-order valence-corrected chi connectivity index (χ2v) is 6.69. The van der Waals surface area contributed by atoms with Crippen LogP contribution in [0, 0.1) is 0 Å². The lowest BCUT2D eigenvalue weighted by molar-refractivity contribution is -0.120. The minimum absolute atomic E-state index is 0.0303. The molecule has 1 amide bonds. The lowest BCUT2D eigenvalue weighted by Gasteiger charge is -2.33. The van der Waals surface area contributed by atoms with Crippen molar-refractivity contribution in [1.82, 2.24) is 10.2 Å². The number of benzene rings is 1. The van der Waals surface area contributed by atoms with Crippen LogP contribution in [-0.4, -0.2) is 37.0 Å². The van der Waals surface area contributed by atoms with Gasteiger partial charge >= 0.3 is 0 Å². The molecule has 5 heteroatoms. The van der Waals surface area contributed by atoms with Gasteiger partial charge in [0.2, 0.25) is 5.91 Å². The first-order valence-corrected chi connectivity index (χ1v) is 9.52. The Hall–Kier alpha value is -2.27. The van der Waals surface area contributed by atoms with Crippen molar-refractivity contribution in [3.8, 4) is 5.75 Å². The molecule has 1 aliphatic heterocycles. The minimum Gasteiger partial charge on any atom is -0.494 e. The number of nitrogens with zero attached hydrogens (tertiary/aromatic N) is 1. The molecule has 26 heavy (non-hydrogen) atoms. The van der Waals surface area contributed by atoms with Crippen LogP contribution >= 0.6 is 0 Å².